The number of hydrogen-bond donors (Lipinski definition) is 2. The van der Waals surface area contributed by atoms with Crippen LogP contribution in [0.2, 0.25) is 0 Å². The second kappa shape index (κ2) is 9.45. The molecule has 1 heterocycles. The minimum absolute atomic E-state index is 0.290. The van der Waals surface area contributed by atoms with E-state index in [0.29, 0.717) is 41.2 Å². The van der Waals surface area contributed by atoms with Gasteiger partial charge in [-0.15, -0.1) is 0 Å². The van der Waals surface area contributed by atoms with Crippen LogP contribution >= 0.6 is 0 Å². The standard InChI is InChI=1S/C22H20FN3O3/c1-29-22(28)17-7-3-5-9-19(17)26-20-14-16(11-12-24-20)21(27)25-13-10-15-6-2-4-8-18(15)23/h2-9,11-12,14H,10,13H2,1H3,(H,24,26)(H,25,27). The Morgan fingerprint density at radius 1 is 1.07 bits per heavy atom. The SMILES string of the molecule is COC(=O)c1ccccc1Nc1cc(C(=O)NCCc2ccccc2F)ccn1. The van der Waals surface area contributed by atoms with E-state index >= 15 is 0 Å². The summed E-state index contributed by atoms with van der Waals surface area (Å²) in [7, 11) is 1.31. The van der Waals surface area contributed by atoms with Crippen molar-refractivity contribution in [2.45, 2.75) is 6.42 Å². The number of esters is 1. The number of ether oxygens (including phenoxy) is 1. The molecule has 29 heavy (non-hydrogen) atoms. The number of methoxy groups -OCH3 is 1. The van der Waals surface area contributed by atoms with Gasteiger partial charge in [0.15, 0.2) is 0 Å². The summed E-state index contributed by atoms with van der Waals surface area (Å²) >= 11 is 0. The molecule has 0 bridgehead atoms. The number of para-hydroxylation sites is 1. The van der Waals surface area contributed by atoms with E-state index in [-0.39, 0.29) is 11.7 Å². The second-order valence-electron chi connectivity index (χ2n) is 6.19. The summed E-state index contributed by atoms with van der Waals surface area (Å²) in [6.45, 7) is 0.302. The lowest BCUT2D eigenvalue weighted by Crippen LogP contribution is -2.26. The number of aromatic nitrogens is 1. The van der Waals surface area contributed by atoms with Crippen LogP contribution in [0.4, 0.5) is 15.9 Å². The summed E-state index contributed by atoms with van der Waals surface area (Å²) in [4.78, 5) is 28.5. The van der Waals surface area contributed by atoms with Gasteiger partial charge in [-0.25, -0.2) is 14.2 Å². The van der Waals surface area contributed by atoms with Crippen LogP contribution in [-0.4, -0.2) is 30.5 Å². The average Bonchev–Trinajstić information content (AvgIpc) is 2.75. The van der Waals surface area contributed by atoms with Crippen LogP contribution in [0.5, 0.6) is 0 Å². The number of anilines is 2. The highest BCUT2D eigenvalue weighted by atomic mass is 19.1. The van der Waals surface area contributed by atoms with Crippen molar-refractivity contribution in [1.82, 2.24) is 10.3 Å². The fourth-order valence-electron chi connectivity index (χ4n) is 2.77. The number of hydrogen-bond acceptors (Lipinski definition) is 5. The minimum Gasteiger partial charge on any atom is -0.465 e. The van der Waals surface area contributed by atoms with Crippen molar-refractivity contribution >= 4 is 23.4 Å². The molecule has 0 spiro atoms. The van der Waals surface area contributed by atoms with Crippen molar-refractivity contribution in [1.29, 1.82) is 0 Å². The molecule has 1 aromatic heterocycles. The van der Waals surface area contributed by atoms with E-state index in [1.165, 1.54) is 19.4 Å². The van der Waals surface area contributed by atoms with Crippen LogP contribution in [0, 0.1) is 5.82 Å². The minimum atomic E-state index is -0.477. The molecule has 0 aliphatic heterocycles. The van der Waals surface area contributed by atoms with Gasteiger partial charge in [0.2, 0.25) is 0 Å². The molecule has 7 heteroatoms. The molecule has 0 atom stereocenters. The summed E-state index contributed by atoms with van der Waals surface area (Å²) in [5.74, 6) is -0.660. The van der Waals surface area contributed by atoms with E-state index in [0.717, 1.165) is 0 Å². The lowest BCUT2D eigenvalue weighted by atomic mass is 10.1. The van der Waals surface area contributed by atoms with Crippen LogP contribution in [0.1, 0.15) is 26.3 Å². The first kappa shape index (κ1) is 20.0. The molecular weight excluding hydrogens is 373 g/mol. The number of carbonyl (C=O) groups is 2. The Morgan fingerprint density at radius 2 is 1.83 bits per heavy atom. The summed E-state index contributed by atoms with van der Waals surface area (Å²) < 4.78 is 18.4. The van der Waals surface area contributed by atoms with Crippen molar-refractivity contribution in [3.8, 4) is 0 Å². The average molecular weight is 393 g/mol. The molecule has 3 rings (SSSR count). The van der Waals surface area contributed by atoms with E-state index < -0.39 is 5.97 Å². The topological polar surface area (TPSA) is 80.3 Å². The number of nitrogens with zero attached hydrogens (tertiary/aromatic N) is 1. The lowest BCUT2D eigenvalue weighted by Gasteiger charge is -2.11. The van der Waals surface area contributed by atoms with Gasteiger partial charge in [0.25, 0.3) is 5.91 Å². The highest BCUT2D eigenvalue weighted by Gasteiger charge is 2.13. The van der Waals surface area contributed by atoms with E-state index in [1.54, 1.807) is 54.6 Å². The first-order valence-corrected chi connectivity index (χ1v) is 9.00. The Balaban J connectivity index is 1.66. The molecule has 0 unspecified atom stereocenters. The van der Waals surface area contributed by atoms with E-state index in [2.05, 4.69) is 15.6 Å². The van der Waals surface area contributed by atoms with Crippen molar-refractivity contribution in [2.24, 2.45) is 0 Å². The smallest absolute Gasteiger partial charge is 0.339 e. The zero-order valence-corrected chi connectivity index (χ0v) is 15.8. The number of carbonyl (C=O) groups excluding carboxylic acids is 2. The van der Waals surface area contributed by atoms with Gasteiger partial charge in [-0.1, -0.05) is 30.3 Å². The predicted molar refractivity (Wildman–Crippen MR) is 108 cm³/mol. The van der Waals surface area contributed by atoms with Crippen molar-refractivity contribution < 1.29 is 18.7 Å². The number of amides is 1. The fourth-order valence-corrected chi connectivity index (χ4v) is 2.77. The van der Waals surface area contributed by atoms with Gasteiger partial charge in [0, 0.05) is 18.3 Å². The number of pyridine rings is 1. The molecule has 0 radical (unpaired) electrons. The Hall–Kier alpha value is -3.74. The molecule has 1 amide bonds. The van der Waals surface area contributed by atoms with Crippen molar-refractivity contribution in [3.63, 3.8) is 0 Å². The first-order chi connectivity index (χ1) is 14.1. The maximum absolute atomic E-state index is 13.6. The van der Waals surface area contributed by atoms with Crippen LogP contribution in [-0.2, 0) is 11.2 Å². The monoisotopic (exact) mass is 393 g/mol. The summed E-state index contributed by atoms with van der Waals surface area (Å²) in [6, 6.07) is 16.5. The maximum Gasteiger partial charge on any atom is 0.339 e. The van der Waals surface area contributed by atoms with E-state index in [9.17, 15) is 14.0 Å². The summed E-state index contributed by atoms with van der Waals surface area (Å²) in [5, 5.41) is 5.80. The normalized spacial score (nSPS) is 10.3. The highest BCUT2D eigenvalue weighted by Crippen LogP contribution is 2.21. The highest BCUT2D eigenvalue weighted by molar-refractivity contribution is 5.97. The molecule has 0 aliphatic rings. The molecule has 6 nitrogen and oxygen atoms in total. The molecular formula is C22H20FN3O3. The first-order valence-electron chi connectivity index (χ1n) is 9.00. The molecule has 2 aromatic carbocycles. The number of nitrogens with one attached hydrogen (secondary N) is 2. The molecule has 0 saturated heterocycles. The third-order valence-corrected chi connectivity index (χ3v) is 4.25. The molecule has 3 aromatic rings. The van der Waals surface area contributed by atoms with Gasteiger partial charge in [-0.2, -0.15) is 0 Å². The largest absolute Gasteiger partial charge is 0.465 e. The van der Waals surface area contributed by atoms with Gasteiger partial charge >= 0.3 is 5.97 Å². The number of halogens is 1. The fraction of sp³-hybridized carbons (Fsp3) is 0.136. The number of rotatable bonds is 7. The van der Waals surface area contributed by atoms with E-state index in [1.807, 2.05) is 0 Å². The van der Waals surface area contributed by atoms with Gasteiger partial charge in [0.1, 0.15) is 11.6 Å². The molecule has 0 fully saturated rings. The van der Waals surface area contributed by atoms with E-state index in [4.69, 9.17) is 4.74 Å². The van der Waals surface area contributed by atoms with Crippen molar-refractivity contribution in [2.75, 3.05) is 19.0 Å². The third-order valence-electron chi connectivity index (χ3n) is 4.25. The van der Waals surface area contributed by atoms with Gasteiger partial charge < -0.3 is 15.4 Å². The van der Waals surface area contributed by atoms with Crippen LogP contribution in [0.15, 0.2) is 66.9 Å². The Bertz CT molecular complexity index is 1020. The van der Waals surface area contributed by atoms with Gasteiger partial charge in [0.05, 0.1) is 18.4 Å². The summed E-state index contributed by atoms with van der Waals surface area (Å²) in [5.41, 5.74) is 1.82. The van der Waals surface area contributed by atoms with Gasteiger partial charge in [-0.3, -0.25) is 4.79 Å². The predicted octanol–water partition coefficient (Wildman–Crippen LogP) is 3.72. The van der Waals surface area contributed by atoms with Crippen LogP contribution in [0.3, 0.4) is 0 Å². The Morgan fingerprint density at radius 3 is 2.62 bits per heavy atom. The Kier molecular flexibility index (Phi) is 6.52. The van der Waals surface area contributed by atoms with Crippen molar-refractivity contribution in [3.05, 3.63) is 89.4 Å². The molecule has 0 saturated carbocycles. The van der Waals surface area contributed by atoms with Crippen LogP contribution in [0.25, 0.3) is 0 Å². The molecule has 0 aliphatic carbocycles. The second-order valence-corrected chi connectivity index (χ2v) is 6.19. The lowest BCUT2D eigenvalue weighted by molar-refractivity contribution is 0.0601. The van der Waals surface area contributed by atoms with Crippen LogP contribution < -0.4 is 10.6 Å². The maximum atomic E-state index is 13.6. The Labute approximate surface area is 167 Å². The number of benzene rings is 2. The zero-order valence-electron chi connectivity index (χ0n) is 15.8. The van der Waals surface area contributed by atoms with Gasteiger partial charge in [-0.05, 0) is 42.3 Å². The quantitative estimate of drug-likeness (QED) is 0.598. The summed E-state index contributed by atoms with van der Waals surface area (Å²) in [6.07, 6.45) is 1.88. The zero-order chi connectivity index (χ0) is 20.6. The molecule has 2 N–H and O–H groups in total. The molecule has 148 valence electrons. The third kappa shape index (κ3) is 5.16.